The molecule has 0 bridgehead atoms. The topological polar surface area (TPSA) is 276 Å². The number of benzene rings is 3. The molecule has 0 unspecified atom stereocenters. The van der Waals surface area contributed by atoms with Crippen LogP contribution in [0.1, 0.15) is 95.8 Å². The van der Waals surface area contributed by atoms with Crippen LogP contribution in [0.15, 0.2) is 72.8 Å². The van der Waals surface area contributed by atoms with E-state index in [1.54, 1.807) is 94.1 Å². The van der Waals surface area contributed by atoms with Crippen molar-refractivity contribution in [2.45, 2.75) is 70.3 Å². The Balaban J connectivity index is 1.52. The molecule has 3 aromatic rings. The van der Waals surface area contributed by atoms with E-state index in [0.717, 1.165) is 0 Å². The maximum absolute atomic E-state index is 13.3. The second-order valence-electron chi connectivity index (χ2n) is 16.9. The summed E-state index contributed by atoms with van der Waals surface area (Å²) in [5.74, 6) is -0.243. The van der Waals surface area contributed by atoms with Gasteiger partial charge in [0.15, 0.2) is 0 Å². The second-order valence-corrected chi connectivity index (χ2v) is 16.9. The lowest BCUT2D eigenvalue weighted by Gasteiger charge is -2.34. The number of methoxy groups -OCH3 is 3. The van der Waals surface area contributed by atoms with E-state index in [9.17, 15) is 38.4 Å². The van der Waals surface area contributed by atoms with Crippen LogP contribution < -0.4 is 51.4 Å². The SMILES string of the molecule is COc1ccc(C(=O)NCCCNC(=O)CCOCC(COCCC(=O)NCCCNC(=O)c2ccc(OC)cc2)(COCCC(=O)NCCCNC(=O)c2ccc(OC)cc2)NC(=O)CCCC(C)=O)cc1. The van der Waals surface area contributed by atoms with Crippen LogP contribution in [0, 0.1) is 0 Å². The van der Waals surface area contributed by atoms with Crippen LogP contribution in [0.4, 0.5) is 0 Å². The van der Waals surface area contributed by atoms with Gasteiger partial charge >= 0.3 is 0 Å². The standard InChI is InChI=1S/C52H73N7O14/c1-38(60)9-5-10-48(64)59-52(35-71-32-23-45(61)53-26-6-29-56-49(65)39-11-17-42(68-2)18-12-39,36-72-33-24-46(62)54-27-7-30-57-50(66)40-13-19-43(69-3)20-14-40)37-73-34-25-47(63)55-28-8-31-58-51(67)41-15-21-44(70-4)22-16-41/h11-22H,5-10,23-37H2,1-4H3,(H,53,61)(H,54,62)(H,55,63)(H,56,65)(H,57,66)(H,58,67)(H,59,64). The zero-order valence-corrected chi connectivity index (χ0v) is 42.5. The van der Waals surface area contributed by atoms with Crippen molar-refractivity contribution in [3.05, 3.63) is 89.5 Å². The Hall–Kier alpha value is -7.10. The molecule has 0 spiro atoms. The molecule has 21 nitrogen and oxygen atoms in total. The molecule has 0 aliphatic heterocycles. The first kappa shape index (κ1) is 60.2. The van der Waals surface area contributed by atoms with Gasteiger partial charge in [-0.05, 0) is 105 Å². The molecule has 0 atom stereocenters. The predicted molar refractivity (Wildman–Crippen MR) is 271 cm³/mol. The Bertz CT molecular complexity index is 1960. The normalized spacial score (nSPS) is 10.8. The number of amides is 7. The van der Waals surface area contributed by atoms with Gasteiger partial charge in [-0.3, -0.25) is 33.6 Å². The fraction of sp³-hybridized carbons (Fsp3) is 0.500. The van der Waals surface area contributed by atoms with E-state index < -0.39 is 11.4 Å². The molecular weight excluding hydrogens is 947 g/mol. The lowest BCUT2D eigenvalue weighted by molar-refractivity contribution is -0.131. The first-order valence-electron chi connectivity index (χ1n) is 24.4. The van der Waals surface area contributed by atoms with Gasteiger partial charge in [0.05, 0.1) is 61.0 Å². The molecule has 7 N–H and O–H groups in total. The van der Waals surface area contributed by atoms with Gasteiger partial charge in [-0.15, -0.1) is 0 Å². The number of carbonyl (C=O) groups is 8. The van der Waals surface area contributed by atoms with Crippen LogP contribution in [0.2, 0.25) is 0 Å². The summed E-state index contributed by atoms with van der Waals surface area (Å²) in [5, 5.41) is 19.8. The fourth-order valence-electron chi connectivity index (χ4n) is 6.74. The first-order chi connectivity index (χ1) is 35.3. The predicted octanol–water partition coefficient (Wildman–Crippen LogP) is 2.66. The highest BCUT2D eigenvalue weighted by Gasteiger charge is 2.34. The van der Waals surface area contributed by atoms with Gasteiger partial charge in [-0.25, -0.2) is 0 Å². The highest BCUT2D eigenvalue weighted by atomic mass is 16.5. The van der Waals surface area contributed by atoms with Gasteiger partial charge in [0.25, 0.3) is 17.7 Å². The number of nitrogens with one attached hydrogen (secondary N) is 7. The minimum absolute atomic E-state index is 0.0101. The van der Waals surface area contributed by atoms with Gasteiger partial charge in [-0.1, -0.05) is 0 Å². The Labute approximate surface area is 427 Å². The number of Topliss-reactive ketones (excluding diaryl/α,β-unsaturated/α-hetero) is 1. The van der Waals surface area contributed by atoms with Crippen molar-refractivity contribution in [2.75, 3.05) is 100 Å². The number of ketones is 1. The van der Waals surface area contributed by atoms with Gasteiger partial charge in [0, 0.05) is 88.1 Å². The summed E-state index contributed by atoms with van der Waals surface area (Å²) in [6.07, 6.45) is 1.85. The highest BCUT2D eigenvalue weighted by molar-refractivity contribution is 5.95. The third kappa shape index (κ3) is 25.7. The average Bonchev–Trinajstić information content (AvgIpc) is 3.39. The van der Waals surface area contributed by atoms with E-state index in [1.807, 2.05) is 0 Å². The van der Waals surface area contributed by atoms with Crippen LogP contribution in [0.3, 0.4) is 0 Å². The number of carbonyl (C=O) groups excluding carboxylic acids is 8. The van der Waals surface area contributed by atoms with Gasteiger partial charge in [0.2, 0.25) is 23.6 Å². The summed E-state index contributed by atoms with van der Waals surface area (Å²) in [6.45, 7) is 2.64. The largest absolute Gasteiger partial charge is 0.497 e. The monoisotopic (exact) mass is 1020 g/mol. The molecule has 0 saturated carbocycles. The van der Waals surface area contributed by atoms with E-state index in [-0.39, 0.29) is 113 Å². The van der Waals surface area contributed by atoms with Crippen molar-refractivity contribution in [3.63, 3.8) is 0 Å². The fourth-order valence-corrected chi connectivity index (χ4v) is 6.74. The molecule has 3 aromatic carbocycles. The molecule has 0 aliphatic rings. The molecule has 0 aromatic heterocycles. The van der Waals surface area contributed by atoms with E-state index in [0.29, 0.717) is 98.9 Å². The summed E-state index contributed by atoms with van der Waals surface area (Å²) in [6, 6.07) is 20.1. The van der Waals surface area contributed by atoms with Crippen molar-refractivity contribution in [1.29, 1.82) is 0 Å². The Morgan fingerprint density at radius 1 is 0.384 bits per heavy atom. The summed E-state index contributed by atoms with van der Waals surface area (Å²) in [4.78, 5) is 100. The number of hydrogen-bond donors (Lipinski definition) is 7. The zero-order valence-electron chi connectivity index (χ0n) is 42.5. The van der Waals surface area contributed by atoms with Crippen molar-refractivity contribution in [1.82, 2.24) is 37.2 Å². The molecule has 0 radical (unpaired) electrons. The molecule has 0 aliphatic carbocycles. The smallest absolute Gasteiger partial charge is 0.251 e. The van der Waals surface area contributed by atoms with Crippen LogP contribution in [0.25, 0.3) is 0 Å². The number of hydrogen-bond acceptors (Lipinski definition) is 14. The van der Waals surface area contributed by atoms with E-state index >= 15 is 0 Å². The Morgan fingerprint density at radius 2 is 0.685 bits per heavy atom. The van der Waals surface area contributed by atoms with Crippen molar-refractivity contribution < 1.29 is 66.8 Å². The van der Waals surface area contributed by atoms with Crippen molar-refractivity contribution in [3.8, 4) is 17.2 Å². The average molecular weight is 1020 g/mol. The number of rotatable bonds is 38. The van der Waals surface area contributed by atoms with Crippen LogP contribution in [-0.2, 0) is 38.2 Å². The van der Waals surface area contributed by atoms with Crippen LogP contribution in [-0.4, -0.2) is 153 Å². The highest BCUT2D eigenvalue weighted by Crippen LogP contribution is 2.15. The summed E-state index contributed by atoms with van der Waals surface area (Å²) in [5.41, 5.74) is 0.0914. The Morgan fingerprint density at radius 3 is 0.973 bits per heavy atom. The summed E-state index contributed by atoms with van der Waals surface area (Å²) >= 11 is 0. The quantitative estimate of drug-likeness (QED) is 0.0407. The molecule has 3 rings (SSSR count). The maximum atomic E-state index is 13.3. The lowest BCUT2D eigenvalue weighted by atomic mass is 10.0. The Kier molecular flexibility index (Phi) is 28.9. The molecule has 400 valence electrons. The molecule has 7 amide bonds. The maximum Gasteiger partial charge on any atom is 0.251 e. The van der Waals surface area contributed by atoms with Gasteiger partial charge < -0.3 is 70.4 Å². The zero-order chi connectivity index (χ0) is 53.1. The molecule has 21 heteroatoms. The molecule has 73 heavy (non-hydrogen) atoms. The van der Waals surface area contributed by atoms with E-state index in [1.165, 1.54) is 6.92 Å². The van der Waals surface area contributed by atoms with Gasteiger partial charge in [0.1, 0.15) is 28.6 Å². The van der Waals surface area contributed by atoms with Gasteiger partial charge in [-0.2, -0.15) is 0 Å². The molecular formula is C52H73N7O14. The number of ether oxygens (including phenoxy) is 6. The third-order valence-corrected chi connectivity index (χ3v) is 10.8. The molecule has 0 fully saturated rings. The van der Waals surface area contributed by atoms with E-state index in [2.05, 4.69) is 37.2 Å². The molecule has 0 heterocycles. The first-order valence-corrected chi connectivity index (χ1v) is 24.4. The molecule has 0 saturated heterocycles. The third-order valence-electron chi connectivity index (χ3n) is 10.8. The van der Waals surface area contributed by atoms with Crippen LogP contribution in [0.5, 0.6) is 17.2 Å². The van der Waals surface area contributed by atoms with Crippen molar-refractivity contribution >= 4 is 47.1 Å². The van der Waals surface area contributed by atoms with E-state index in [4.69, 9.17) is 28.4 Å². The summed E-state index contributed by atoms with van der Waals surface area (Å²) < 4.78 is 33.3. The minimum atomic E-state index is -1.34. The second kappa shape index (κ2) is 35.1. The summed E-state index contributed by atoms with van der Waals surface area (Å²) in [7, 11) is 4.62. The van der Waals surface area contributed by atoms with Crippen LogP contribution >= 0.6 is 0 Å². The van der Waals surface area contributed by atoms with Crippen molar-refractivity contribution in [2.24, 2.45) is 0 Å². The lowest BCUT2D eigenvalue weighted by Crippen LogP contribution is -2.58. The minimum Gasteiger partial charge on any atom is -0.497 e.